The Morgan fingerprint density at radius 2 is 1.83 bits per heavy atom. The number of rotatable bonds is 5. The topological polar surface area (TPSA) is 110 Å². The van der Waals surface area contributed by atoms with Gasteiger partial charge in [0.2, 0.25) is 15.9 Å². The van der Waals surface area contributed by atoms with E-state index < -0.39 is 21.5 Å². The minimum atomic E-state index is -3.74. The smallest absolute Gasteiger partial charge is 0.275 e. The lowest BCUT2D eigenvalue weighted by Crippen LogP contribution is -2.40. The summed E-state index contributed by atoms with van der Waals surface area (Å²) in [7, 11) is -3.74. The van der Waals surface area contributed by atoms with Crippen molar-refractivity contribution < 1.29 is 13.2 Å². The zero-order chi connectivity index (χ0) is 21.2. The Labute approximate surface area is 168 Å². The summed E-state index contributed by atoms with van der Waals surface area (Å²) < 4.78 is 28.6. The van der Waals surface area contributed by atoms with Crippen molar-refractivity contribution in [1.29, 1.82) is 0 Å². The van der Waals surface area contributed by atoms with Crippen LogP contribution >= 0.6 is 0 Å². The fourth-order valence-corrected chi connectivity index (χ4v) is 4.24. The van der Waals surface area contributed by atoms with Gasteiger partial charge in [-0.05, 0) is 45.0 Å². The van der Waals surface area contributed by atoms with Gasteiger partial charge < -0.3 is 5.32 Å². The molecule has 0 unspecified atom stereocenters. The first kappa shape index (κ1) is 20.7. The molecule has 8 nitrogen and oxygen atoms in total. The number of amides is 1. The van der Waals surface area contributed by atoms with Crippen molar-refractivity contribution in [1.82, 2.24) is 14.5 Å². The molecule has 0 atom stereocenters. The third-order valence-electron chi connectivity index (χ3n) is 3.92. The lowest BCUT2D eigenvalue weighted by Gasteiger charge is -2.20. The average Bonchev–Trinajstić information content (AvgIpc) is 2.62. The molecule has 3 aromatic rings. The minimum Gasteiger partial charge on any atom is -0.324 e. The van der Waals surface area contributed by atoms with Crippen LogP contribution in [0.15, 0.2) is 64.4 Å². The van der Waals surface area contributed by atoms with Crippen molar-refractivity contribution in [2.45, 2.75) is 37.8 Å². The van der Waals surface area contributed by atoms with Gasteiger partial charge in [0, 0.05) is 16.6 Å². The van der Waals surface area contributed by atoms with Gasteiger partial charge in [-0.3, -0.25) is 9.59 Å². The van der Waals surface area contributed by atoms with Crippen LogP contribution in [0.2, 0.25) is 0 Å². The molecule has 0 saturated carbocycles. The molecule has 0 fully saturated rings. The van der Waals surface area contributed by atoms with Crippen LogP contribution < -0.4 is 15.6 Å². The van der Waals surface area contributed by atoms with Gasteiger partial charge in [-0.2, -0.15) is 5.10 Å². The summed E-state index contributed by atoms with van der Waals surface area (Å²) in [6, 6.07) is 12.9. The van der Waals surface area contributed by atoms with Gasteiger partial charge in [0.15, 0.2) is 0 Å². The van der Waals surface area contributed by atoms with Crippen LogP contribution in [-0.4, -0.2) is 29.6 Å². The van der Waals surface area contributed by atoms with Crippen molar-refractivity contribution in [2.75, 3.05) is 5.32 Å². The molecular weight excluding hydrogens is 392 g/mol. The number of aromatic nitrogens is 2. The van der Waals surface area contributed by atoms with E-state index in [1.165, 1.54) is 24.4 Å². The Morgan fingerprint density at radius 1 is 1.10 bits per heavy atom. The highest BCUT2D eigenvalue weighted by Gasteiger charge is 2.22. The summed E-state index contributed by atoms with van der Waals surface area (Å²) in [5.74, 6) is -0.492. The summed E-state index contributed by atoms with van der Waals surface area (Å²) in [5, 5.41) is 7.79. The molecule has 9 heteroatoms. The van der Waals surface area contributed by atoms with E-state index in [0.717, 1.165) is 4.68 Å². The molecule has 3 rings (SSSR count). The Hall–Kier alpha value is -3.04. The van der Waals surface area contributed by atoms with E-state index in [1.807, 2.05) is 0 Å². The minimum absolute atomic E-state index is 0.0335. The number of anilines is 1. The van der Waals surface area contributed by atoms with Crippen molar-refractivity contribution >= 4 is 32.4 Å². The molecule has 0 bridgehead atoms. The first-order valence-electron chi connectivity index (χ1n) is 8.94. The number of hydrogen-bond donors (Lipinski definition) is 2. The third-order valence-corrected chi connectivity index (χ3v) is 5.68. The number of carbonyl (C=O) groups excluding carboxylic acids is 1. The number of hydrogen-bond acceptors (Lipinski definition) is 5. The summed E-state index contributed by atoms with van der Waals surface area (Å²) in [4.78, 5) is 24.9. The molecule has 0 saturated heterocycles. The van der Waals surface area contributed by atoms with Gasteiger partial charge in [-0.15, -0.1) is 0 Å². The van der Waals surface area contributed by atoms with Crippen LogP contribution in [0.5, 0.6) is 0 Å². The van der Waals surface area contributed by atoms with Gasteiger partial charge >= 0.3 is 0 Å². The van der Waals surface area contributed by atoms with Crippen molar-refractivity contribution in [2.24, 2.45) is 0 Å². The van der Waals surface area contributed by atoms with E-state index >= 15 is 0 Å². The molecule has 0 radical (unpaired) electrons. The largest absolute Gasteiger partial charge is 0.324 e. The summed E-state index contributed by atoms with van der Waals surface area (Å²) in [6.45, 7) is 4.93. The molecule has 0 aliphatic heterocycles. The number of fused-ring (bicyclic) bond motifs is 1. The first-order chi connectivity index (χ1) is 13.5. The van der Waals surface area contributed by atoms with E-state index in [9.17, 15) is 18.0 Å². The fraction of sp³-hybridized carbons (Fsp3) is 0.250. The van der Waals surface area contributed by atoms with Crippen LogP contribution in [-0.2, 0) is 21.4 Å². The Balaban J connectivity index is 1.78. The highest BCUT2D eigenvalue weighted by atomic mass is 32.2. The van der Waals surface area contributed by atoms with Gasteiger partial charge in [-0.1, -0.05) is 24.3 Å². The zero-order valence-corrected chi connectivity index (χ0v) is 17.2. The molecule has 29 heavy (non-hydrogen) atoms. The predicted octanol–water partition coefficient (Wildman–Crippen LogP) is 2.11. The second kappa shape index (κ2) is 7.76. The van der Waals surface area contributed by atoms with Crippen LogP contribution in [0.4, 0.5) is 5.69 Å². The SMILES string of the molecule is CC(C)(C)NS(=O)(=O)c1cccc(NC(=O)Cn2ncc3ccccc3c2=O)c1. The number of nitrogens with zero attached hydrogens (tertiary/aromatic N) is 2. The van der Waals surface area contributed by atoms with Crippen LogP contribution in [0.3, 0.4) is 0 Å². The average molecular weight is 414 g/mol. The molecule has 1 aromatic heterocycles. The number of carbonyl (C=O) groups is 1. The Kier molecular flexibility index (Phi) is 5.54. The maximum Gasteiger partial charge on any atom is 0.275 e. The number of sulfonamides is 1. The molecular formula is C20H22N4O4S. The predicted molar refractivity (Wildman–Crippen MR) is 111 cm³/mol. The monoisotopic (exact) mass is 414 g/mol. The second-order valence-electron chi connectivity index (χ2n) is 7.63. The van der Waals surface area contributed by atoms with Crippen molar-refractivity contribution in [3.05, 3.63) is 65.1 Å². The maximum absolute atomic E-state index is 12.5. The van der Waals surface area contributed by atoms with E-state index in [2.05, 4.69) is 15.1 Å². The van der Waals surface area contributed by atoms with Crippen LogP contribution in [0.25, 0.3) is 10.8 Å². The summed E-state index contributed by atoms with van der Waals surface area (Å²) in [5.41, 5.74) is -0.703. The lowest BCUT2D eigenvalue weighted by molar-refractivity contribution is -0.117. The quantitative estimate of drug-likeness (QED) is 0.664. The van der Waals surface area contributed by atoms with Crippen LogP contribution in [0, 0.1) is 0 Å². The van der Waals surface area contributed by atoms with E-state index in [0.29, 0.717) is 16.5 Å². The molecule has 152 valence electrons. The fourth-order valence-electron chi connectivity index (χ4n) is 2.78. The van der Waals surface area contributed by atoms with E-state index in [1.54, 1.807) is 51.1 Å². The van der Waals surface area contributed by atoms with Gasteiger partial charge in [0.25, 0.3) is 5.56 Å². The van der Waals surface area contributed by atoms with E-state index in [4.69, 9.17) is 0 Å². The van der Waals surface area contributed by atoms with Gasteiger partial charge in [-0.25, -0.2) is 17.8 Å². The van der Waals surface area contributed by atoms with Crippen molar-refractivity contribution in [3.63, 3.8) is 0 Å². The third kappa shape index (κ3) is 5.07. The lowest BCUT2D eigenvalue weighted by atomic mass is 10.1. The van der Waals surface area contributed by atoms with Crippen LogP contribution in [0.1, 0.15) is 20.8 Å². The molecule has 0 aliphatic carbocycles. The molecule has 0 aliphatic rings. The Bertz CT molecular complexity index is 1230. The highest BCUT2D eigenvalue weighted by Crippen LogP contribution is 2.17. The highest BCUT2D eigenvalue weighted by molar-refractivity contribution is 7.89. The zero-order valence-electron chi connectivity index (χ0n) is 16.3. The molecule has 1 amide bonds. The molecule has 0 spiro atoms. The van der Waals surface area contributed by atoms with Crippen molar-refractivity contribution in [3.8, 4) is 0 Å². The Morgan fingerprint density at radius 3 is 2.55 bits per heavy atom. The normalized spacial score (nSPS) is 12.1. The maximum atomic E-state index is 12.5. The summed E-state index contributed by atoms with van der Waals surface area (Å²) >= 11 is 0. The molecule has 2 N–H and O–H groups in total. The summed E-state index contributed by atoms with van der Waals surface area (Å²) in [6.07, 6.45) is 1.52. The standard InChI is InChI=1S/C20H22N4O4S/c1-20(2,3)23-29(27,28)16-9-6-8-15(11-16)22-18(25)13-24-19(26)17-10-5-4-7-14(17)12-21-24/h4-12,23H,13H2,1-3H3,(H,22,25). The number of benzene rings is 2. The number of nitrogens with one attached hydrogen (secondary N) is 2. The molecule has 2 aromatic carbocycles. The van der Waals surface area contributed by atoms with Gasteiger partial charge in [0.05, 0.1) is 16.5 Å². The van der Waals surface area contributed by atoms with E-state index in [-0.39, 0.29) is 17.0 Å². The molecule has 1 heterocycles. The van der Waals surface area contributed by atoms with Gasteiger partial charge in [0.1, 0.15) is 6.54 Å². The first-order valence-corrected chi connectivity index (χ1v) is 10.4. The second-order valence-corrected chi connectivity index (χ2v) is 9.31.